The molecule has 2 saturated heterocycles. The standard InChI is InChI=1S/C22H25ClF3N5O5S/c1-30-8-12-6-11(30)9-31(12)5-3-4-27-21(32)28-20-18(36-22(33)34-2)19(29-37-20)35-10-13-15(24)7-14(23)17(26)16(13)25/h7,11-12H,3-6,8-10H2,1-2H3,(H2,27,28,32). The second-order valence-corrected chi connectivity index (χ2v) is 9.83. The van der Waals surface area contributed by atoms with Gasteiger partial charge in [0.05, 0.1) is 17.7 Å². The minimum atomic E-state index is -1.53. The highest BCUT2D eigenvalue weighted by atomic mass is 35.5. The van der Waals surface area contributed by atoms with E-state index in [4.69, 9.17) is 21.1 Å². The average molecular weight is 564 g/mol. The van der Waals surface area contributed by atoms with Crippen molar-refractivity contribution in [2.75, 3.05) is 45.7 Å². The number of aromatic nitrogens is 1. The Hall–Kier alpha value is -2.81. The van der Waals surface area contributed by atoms with Crippen molar-refractivity contribution >= 4 is 40.3 Å². The first-order chi connectivity index (χ1) is 17.7. The van der Waals surface area contributed by atoms with Crippen LogP contribution in [0.15, 0.2) is 6.07 Å². The molecule has 37 heavy (non-hydrogen) atoms. The zero-order chi connectivity index (χ0) is 26.7. The molecule has 10 nitrogen and oxygen atoms in total. The summed E-state index contributed by atoms with van der Waals surface area (Å²) in [5.41, 5.74) is -0.746. The number of halogens is 4. The summed E-state index contributed by atoms with van der Waals surface area (Å²) < 4.78 is 60.6. The fraction of sp³-hybridized carbons (Fsp3) is 0.500. The molecule has 1 aromatic heterocycles. The summed E-state index contributed by atoms with van der Waals surface area (Å²) in [5.74, 6) is -4.80. The summed E-state index contributed by atoms with van der Waals surface area (Å²) >= 11 is 6.13. The molecule has 2 amide bonds. The molecule has 202 valence electrons. The zero-order valence-corrected chi connectivity index (χ0v) is 21.6. The second kappa shape index (κ2) is 11.7. The Morgan fingerprint density at radius 3 is 2.70 bits per heavy atom. The lowest BCUT2D eigenvalue weighted by atomic mass is 10.2. The highest BCUT2D eigenvalue weighted by molar-refractivity contribution is 7.11. The summed E-state index contributed by atoms with van der Waals surface area (Å²) in [7, 11) is 3.20. The predicted molar refractivity (Wildman–Crippen MR) is 129 cm³/mol. The molecular formula is C22H25ClF3N5O5S. The highest BCUT2D eigenvalue weighted by Gasteiger charge is 2.40. The number of piperazine rings is 1. The van der Waals surface area contributed by atoms with Gasteiger partial charge < -0.3 is 24.4 Å². The number of anilines is 1. The van der Waals surface area contributed by atoms with Gasteiger partial charge in [-0.1, -0.05) is 11.6 Å². The van der Waals surface area contributed by atoms with Gasteiger partial charge in [-0.2, -0.15) is 0 Å². The number of hydrogen-bond donors (Lipinski definition) is 2. The van der Waals surface area contributed by atoms with Crippen molar-refractivity contribution in [3.05, 3.63) is 34.1 Å². The molecule has 2 aliphatic heterocycles. The Morgan fingerprint density at radius 2 is 2.03 bits per heavy atom. The number of hydrogen-bond acceptors (Lipinski definition) is 9. The third-order valence-corrected chi connectivity index (χ3v) is 7.30. The number of fused-ring (bicyclic) bond motifs is 2. The fourth-order valence-electron chi connectivity index (χ4n) is 4.38. The number of amides is 2. The average Bonchev–Trinajstić information content (AvgIpc) is 3.55. The van der Waals surface area contributed by atoms with Gasteiger partial charge in [-0.15, -0.1) is 4.37 Å². The summed E-state index contributed by atoms with van der Waals surface area (Å²) in [4.78, 5) is 28.9. The number of urea groups is 1. The SMILES string of the molecule is COC(=O)Oc1c(OCc2c(F)cc(Cl)c(F)c2F)nsc1NC(=O)NCCCN1CC2CC1CN2C. The topological polar surface area (TPSA) is 105 Å². The molecule has 2 unspecified atom stereocenters. The van der Waals surface area contributed by atoms with Crippen LogP contribution in [-0.2, 0) is 11.3 Å². The lowest BCUT2D eigenvalue weighted by Gasteiger charge is -2.31. The van der Waals surface area contributed by atoms with Crippen LogP contribution in [0.1, 0.15) is 18.4 Å². The molecule has 2 fully saturated rings. The smallest absolute Gasteiger partial charge is 0.469 e. The van der Waals surface area contributed by atoms with Crippen LogP contribution in [0.25, 0.3) is 0 Å². The molecule has 3 heterocycles. The highest BCUT2D eigenvalue weighted by Crippen LogP contribution is 2.40. The molecule has 0 aliphatic carbocycles. The van der Waals surface area contributed by atoms with E-state index in [1.807, 2.05) is 0 Å². The van der Waals surface area contributed by atoms with Crippen molar-refractivity contribution in [2.45, 2.75) is 31.5 Å². The van der Waals surface area contributed by atoms with Crippen molar-refractivity contribution in [1.29, 1.82) is 0 Å². The van der Waals surface area contributed by atoms with E-state index >= 15 is 0 Å². The Morgan fingerprint density at radius 1 is 1.24 bits per heavy atom. The molecule has 2 aliphatic rings. The van der Waals surface area contributed by atoms with Crippen molar-refractivity contribution in [3.63, 3.8) is 0 Å². The van der Waals surface area contributed by atoms with Crippen molar-refractivity contribution in [2.24, 2.45) is 0 Å². The maximum atomic E-state index is 14.1. The zero-order valence-electron chi connectivity index (χ0n) is 20.0. The van der Waals surface area contributed by atoms with Crippen LogP contribution in [0.2, 0.25) is 5.02 Å². The third-order valence-electron chi connectivity index (χ3n) is 6.30. The summed E-state index contributed by atoms with van der Waals surface area (Å²) in [6, 6.07) is 1.19. The minimum absolute atomic E-state index is 0.0129. The first-order valence-electron chi connectivity index (χ1n) is 11.4. The van der Waals surface area contributed by atoms with Gasteiger partial charge in [-0.05, 0) is 37.5 Å². The number of nitrogens with zero attached hydrogens (tertiary/aromatic N) is 3. The number of ether oxygens (including phenoxy) is 3. The van der Waals surface area contributed by atoms with Crippen molar-refractivity contribution in [3.8, 4) is 11.6 Å². The van der Waals surface area contributed by atoms with Crippen LogP contribution in [0.3, 0.4) is 0 Å². The molecule has 1 aromatic carbocycles. The van der Waals surface area contributed by atoms with Crippen LogP contribution in [0, 0.1) is 17.5 Å². The predicted octanol–water partition coefficient (Wildman–Crippen LogP) is 3.84. The van der Waals surface area contributed by atoms with E-state index < -0.39 is 46.8 Å². The molecule has 4 rings (SSSR count). The van der Waals surface area contributed by atoms with Gasteiger partial charge in [0.2, 0.25) is 5.75 Å². The first kappa shape index (κ1) is 27.2. The molecular weight excluding hydrogens is 539 g/mol. The quantitative estimate of drug-likeness (QED) is 0.205. The Balaban J connectivity index is 1.34. The maximum absolute atomic E-state index is 14.1. The summed E-state index contributed by atoms with van der Waals surface area (Å²) in [6.07, 6.45) is 0.779. The number of methoxy groups -OCH3 is 1. The monoisotopic (exact) mass is 563 g/mol. The van der Waals surface area contributed by atoms with Gasteiger partial charge in [-0.3, -0.25) is 10.2 Å². The lowest BCUT2D eigenvalue weighted by molar-refractivity contribution is 0.119. The van der Waals surface area contributed by atoms with Crippen molar-refractivity contribution in [1.82, 2.24) is 19.5 Å². The number of likely N-dealkylation sites (tertiary alicyclic amines) is 2. The molecule has 15 heteroatoms. The molecule has 2 aromatic rings. The van der Waals surface area contributed by atoms with E-state index in [-0.39, 0.29) is 16.6 Å². The largest absolute Gasteiger partial charge is 0.513 e. The molecule has 2 atom stereocenters. The van der Waals surface area contributed by atoms with E-state index in [1.165, 1.54) is 6.42 Å². The molecule has 0 saturated carbocycles. The number of carbonyl (C=O) groups excluding carboxylic acids is 2. The maximum Gasteiger partial charge on any atom is 0.513 e. The number of carbonyl (C=O) groups is 2. The van der Waals surface area contributed by atoms with Crippen LogP contribution in [-0.4, -0.2) is 78.8 Å². The molecule has 2 bridgehead atoms. The van der Waals surface area contributed by atoms with Gasteiger partial charge in [0.25, 0.3) is 5.88 Å². The van der Waals surface area contributed by atoms with E-state index in [2.05, 4.69) is 36.6 Å². The number of likely N-dealkylation sites (N-methyl/N-ethyl adjacent to an activating group) is 1. The van der Waals surface area contributed by atoms with Crippen LogP contribution in [0.4, 0.5) is 27.8 Å². The Bertz CT molecular complexity index is 1170. The van der Waals surface area contributed by atoms with E-state index in [0.717, 1.165) is 33.2 Å². The van der Waals surface area contributed by atoms with Gasteiger partial charge in [0, 0.05) is 38.3 Å². The lowest BCUT2D eigenvalue weighted by Crippen LogP contribution is -2.45. The number of benzene rings is 1. The normalized spacial score (nSPS) is 19.2. The number of rotatable bonds is 9. The number of nitrogens with one attached hydrogen (secondary N) is 2. The second-order valence-electron chi connectivity index (χ2n) is 8.65. The Kier molecular flexibility index (Phi) is 8.62. The van der Waals surface area contributed by atoms with Crippen LogP contribution < -0.4 is 20.1 Å². The van der Waals surface area contributed by atoms with E-state index in [1.54, 1.807) is 0 Å². The van der Waals surface area contributed by atoms with Crippen LogP contribution >= 0.6 is 23.1 Å². The van der Waals surface area contributed by atoms with Crippen molar-refractivity contribution < 1.29 is 37.0 Å². The third kappa shape index (κ3) is 6.20. The van der Waals surface area contributed by atoms with Gasteiger partial charge >= 0.3 is 12.2 Å². The molecule has 0 radical (unpaired) electrons. The van der Waals surface area contributed by atoms with E-state index in [9.17, 15) is 22.8 Å². The van der Waals surface area contributed by atoms with E-state index in [0.29, 0.717) is 36.2 Å². The Labute approximate surface area is 219 Å². The summed E-state index contributed by atoms with van der Waals surface area (Å²) in [6.45, 7) is 2.56. The molecule has 0 spiro atoms. The summed E-state index contributed by atoms with van der Waals surface area (Å²) in [5, 5.41) is 4.49. The minimum Gasteiger partial charge on any atom is -0.469 e. The first-order valence-corrected chi connectivity index (χ1v) is 12.5. The van der Waals surface area contributed by atoms with Gasteiger partial charge in [-0.25, -0.2) is 22.8 Å². The fourth-order valence-corrected chi connectivity index (χ4v) is 5.22. The molecule has 2 N–H and O–H groups in total. The van der Waals surface area contributed by atoms with Crippen LogP contribution in [0.5, 0.6) is 11.6 Å². The van der Waals surface area contributed by atoms with Gasteiger partial charge in [0.15, 0.2) is 16.6 Å². The van der Waals surface area contributed by atoms with Gasteiger partial charge in [0.1, 0.15) is 12.4 Å².